The first kappa shape index (κ1) is 41.9. The van der Waals surface area contributed by atoms with Gasteiger partial charge >= 0.3 is 5.97 Å². The molecule has 3 heterocycles. The van der Waals surface area contributed by atoms with E-state index < -0.39 is 73.7 Å². The maximum atomic E-state index is 13.8. The van der Waals surface area contributed by atoms with Crippen LogP contribution in [0.25, 0.3) is 0 Å². The Morgan fingerprint density at radius 1 is 0.583 bits per heavy atom. The Morgan fingerprint density at radius 2 is 1.10 bits per heavy atom. The molecular weight excluding hydrogens is 769 g/mol. The van der Waals surface area contributed by atoms with Gasteiger partial charge in [0.25, 0.3) is 0 Å². The van der Waals surface area contributed by atoms with Crippen LogP contribution in [0.4, 0.5) is 0 Å². The molecule has 5 aromatic rings. The van der Waals surface area contributed by atoms with Gasteiger partial charge in [-0.15, -0.1) is 0 Å². The number of aliphatic hydroxyl groups excluding tert-OH is 1. The van der Waals surface area contributed by atoms with Crippen LogP contribution in [0.5, 0.6) is 0 Å². The van der Waals surface area contributed by atoms with Gasteiger partial charge in [-0.2, -0.15) is 0 Å². The Balaban J connectivity index is 1.05. The van der Waals surface area contributed by atoms with Crippen molar-refractivity contribution in [3.63, 3.8) is 0 Å². The Labute approximate surface area is 349 Å². The molecule has 1 N–H and O–H groups in total. The highest BCUT2D eigenvalue weighted by atomic mass is 16.8. The van der Waals surface area contributed by atoms with Crippen LogP contribution in [0.2, 0.25) is 0 Å². The smallest absolute Gasteiger partial charge is 0.338 e. The summed E-state index contributed by atoms with van der Waals surface area (Å²) in [7, 11) is 1.50. The Hall–Kier alpha value is -4.83. The molecule has 12 heteroatoms. The van der Waals surface area contributed by atoms with Gasteiger partial charge in [0.05, 0.1) is 38.6 Å². The number of carbonyl (C=O) groups is 1. The summed E-state index contributed by atoms with van der Waals surface area (Å²) in [5.41, 5.74) is 3.92. The van der Waals surface area contributed by atoms with Gasteiger partial charge in [0.15, 0.2) is 25.0 Å². The summed E-state index contributed by atoms with van der Waals surface area (Å²) >= 11 is 0. The van der Waals surface area contributed by atoms with Crippen molar-refractivity contribution in [3.05, 3.63) is 179 Å². The molecule has 1 unspecified atom stereocenters. The molecule has 0 aromatic heterocycles. The van der Waals surface area contributed by atoms with E-state index in [1.807, 2.05) is 127 Å². The summed E-state index contributed by atoms with van der Waals surface area (Å²) in [6.07, 6.45) is -10.1. The highest BCUT2D eigenvalue weighted by Gasteiger charge is 2.53. The van der Waals surface area contributed by atoms with E-state index >= 15 is 0 Å². The highest BCUT2D eigenvalue weighted by molar-refractivity contribution is 5.89. The van der Waals surface area contributed by atoms with Crippen molar-refractivity contribution in [1.82, 2.24) is 0 Å². The van der Waals surface area contributed by atoms with Crippen LogP contribution in [0, 0.1) is 0 Å². The van der Waals surface area contributed by atoms with Crippen LogP contribution >= 0.6 is 0 Å². The van der Waals surface area contributed by atoms with E-state index in [-0.39, 0.29) is 33.0 Å². The van der Waals surface area contributed by atoms with Gasteiger partial charge in [-0.3, -0.25) is 0 Å². The Kier molecular flexibility index (Phi) is 14.4. The maximum Gasteiger partial charge on any atom is 0.338 e. The predicted molar refractivity (Wildman–Crippen MR) is 217 cm³/mol. The minimum Gasteiger partial charge on any atom is -0.453 e. The molecule has 3 fully saturated rings. The van der Waals surface area contributed by atoms with E-state index in [0.717, 1.165) is 22.3 Å². The summed E-state index contributed by atoms with van der Waals surface area (Å²) in [4.78, 5) is 13.8. The van der Waals surface area contributed by atoms with Gasteiger partial charge in [0, 0.05) is 12.7 Å². The van der Waals surface area contributed by atoms with Crippen LogP contribution in [-0.2, 0) is 67.2 Å². The van der Waals surface area contributed by atoms with Crippen molar-refractivity contribution >= 4 is 5.97 Å². The van der Waals surface area contributed by atoms with Crippen LogP contribution in [0.1, 0.15) is 38.9 Å². The number of aliphatic hydroxyl groups is 1. The molecule has 3 saturated heterocycles. The molecule has 5 aromatic carbocycles. The van der Waals surface area contributed by atoms with Gasteiger partial charge in [-0.1, -0.05) is 140 Å². The first-order valence-corrected chi connectivity index (χ1v) is 20.2. The second-order valence-electron chi connectivity index (χ2n) is 14.8. The van der Waals surface area contributed by atoms with Crippen LogP contribution in [0.15, 0.2) is 152 Å². The lowest BCUT2D eigenvalue weighted by Gasteiger charge is -2.48. The third-order valence-corrected chi connectivity index (χ3v) is 10.7. The second-order valence-corrected chi connectivity index (χ2v) is 14.8. The largest absolute Gasteiger partial charge is 0.453 e. The van der Waals surface area contributed by atoms with E-state index in [2.05, 4.69) is 0 Å². The van der Waals surface area contributed by atoms with E-state index in [4.69, 9.17) is 47.4 Å². The minimum atomic E-state index is -1.29. The van der Waals surface area contributed by atoms with Crippen molar-refractivity contribution in [2.45, 2.75) is 87.5 Å². The van der Waals surface area contributed by atoms with E-state index in [0.29, 0.717) is 5.56 Å². The van der Waals surface area contributed by atoms with Gasteiger partial charge in [-0.05, 0) is 28.8 Å². The quantitative estimate of drug-likeness (QED) is 0.108. The summed E-state index contributed by atoms with van der Waals surface area (Å²) in [6.45, 7) is 0.559. The van der Waals surface area contributed by atoms with Crippen LogP contribution in [0.3, 0.4) is 0 Å². The average Bonchev–Trinajstić information content (AvgIpc) is 3.31. The molecule has 12 nitrogen and oxygen atoms in total. The number of methoxy groups -OCH3 is 1. The van der Waals surface area contributed by atoms with Crippen molar-refractivity contribution in [2.24, 2.45) is 0 Å². The molecule has 0 aliphatic carbocycles. The fourth-order valence-electron chi connectivity index (χ4n) is 7.64. The summed E-state index contributed by atoms with van der Waals surface area (Å²) in [5, 5.41) is 12.0. The molecule has 8 rings (SSSR count). The van der Waals surface area contributed by atoms with E-state index in [9.17, 15) is 9.90 Å². The number of ether oxygens (including phenoxy) is 10. The zero-order valence-corrected chi connectivity index (χ0v) is 33.3. The normalized spacial score (nSPS) is 29.0. The number of carbonyl (C=O) groups excluding carboxylic acids is 1. The standard InChI is InChI=1S/C48H50O12/c1-51-48-44(54-29-34-21-11-4-12-22-34)43(59-45(50)35-23-13-5-14-24-35)40(52-27-32-17-7-2-8-18-32)37(58-48)30-56-47-39(49)42(53-28-33-19-9-3-10-20-33)41-38(57-47)31-55-46(60-41)36-25-15-6-16-26-36/h2-26,37-44,46-49H,27-31H2,1H3/t37-,38-,39-,40-,41+,42-,43+,44-,46?,47-,48+/m1/s1. The highest BCUT2D eigenvalue weighted by Crippen LogP contribution is 2.37. The number of rotatable bonds is 16. The molecule has 11 atom stereocenters. The molecule has 314 valence electrons. The molecule has 0 amide bonds. The number of hydrogen-bond acceptors (Lipinski definition) is 12. The molecule has 60 heavy (non-hydrogen) atoms. The fourth-order valence-corrected chi connectivity index (χ4v) is 7.64. The van der Waals surface area contributed by atoms with Crippen molar-refractivity contribution in [2.75, 3.05) is 20.3 Å². The minimum absolute atomic E-state index is 0.159. The van der Waals surface area contributed by atoms with Crippen LogP contribution < -0.4 is 0 Å². The maximum absolute atomic E-state index is 13.8. The second kappa shape index (κ2) is 20.6. The lowest BCUT2D eigenvalue weighted by atomic mass is 9.96. The molecule has 3 aliphatic heterocycles. The van der Waals surface area contributed by atoms with Gasteiger partial charge in [-0.25, -0.2) is 4.79 Å². The lowest BCUT2D eigenvalue weighted by molar-refractivity contribution is -0.374. The fraction of sp³-hybridized carbons (Fsp3) is 0.354. The van der Waals surface area contributed by atoms with Crippen LogP contribution in [-0.4, -0.2) is 92.8 Å². The monoisotopic (exact) mass is 818 g/mol. The van der Waals surface area contributed by atoms with Crippen molar-refractivity contribution < 1.29 is 57.3 Å². The first-order chi connectivity index (χ1) is 29.5. The lowest BCUT2D eigenvalue weighted by Crippen LogP contribution is -2.64. The topological polar surface area (TPSA) is 130 Å². The van der Waals surface area contributed by atoms with Gasteiger partial charge < -0.3 is 52.5 Å². The molecule has 0 bridgehead atoms. The molecule has 0 radical (unpaired) electrons. The number of esters is 1. The number of fused-ring (bicyclic) bond motifs is 1. The van der Waals surface area contributed by atoms with Gasteiger partial charge in [0.1, 0.15) is 42.7 Å². The summed E-state index contributed by atoms with van der Waals surface area (Å²) in [5.74, 6) is -0.569. The van der Waals surface area contributed by atoms with E-state index in [1.54, 1.807) is 24.3 Å². The molecule has 0 saturated carbocycles. The zero-order chi connectivity index (χ0) is 41.1. The molecular formula is C48H50O12. The molecule has 3 aliphatic rings. The van der Waals surface area contributed by atoms with Crippen molar-refractivity contribution in [1.29, 1.82) is 0 Å². The Bertz CT molecular complexity index is 2030. The predicted octanol–water partition coefficient (Wildman–Crippen LogP) is 6.56. The summed E-state index contributed by atoms with van der Waals surface area (Å²) < 4.78 is 63.8. The SMILES string of the molecule is CO[C@H]1O[C@H](CO[C@@H]2O[C@@H]3COC(c4ccccc4)O[C@@H]3[C@H](OCc3ccccc3)[C@H]2O)[C@@H](OCc2ccccc2)[C@H](OC(=O)c2ccccc2)[C@H]1OCc1ccccc1. The third-order valence-electron chi connectivity index (χ3n) is 10.7. The number of benzene rings is 5. The zero-order valence-electron chi connectivity index (χ0n) is 33.3. The average molecular weight is 819 g/mol. The Morgan fingerprint density at radius 3 is 1.67 bits per heavy atom. The molecule has 0 spiro atoms. The van der Waals surface area contributed by atoms with Crippen molar-refractivity contribution in [3.8, 4) is 0 Å². The van der Waals surface area contributed by atoms with E-state index in [1.165, 1.54) is 7.11 Å². The first-order valence-electron chi connectivity index (χ1n) is 20.2. The summed E-state index contributed by atoms with van der Waals surface area (Å²) in [6, 6.07) is 47.3. The number of hydrogen-bond donors (Lipinski definition) is 1. The third kappa shape index (κ3) is 10.4. The van der Waals surface area contributed by atoms with Gasteiger partial charge in [0.2, 0.25) is 0 Å².